The van der Waals surface area contributed by atoms with Crippen molar-refractivity contribution in [2.75, 3.05) is 11.9 Å². The van der Waals surface area contributed by atoms with Crippen LogP contribution in [0.15, 0.2) is 36.0 Å². The first-order chi connectivity index (χ1) is 8.17. The van der Waals surface area contributed by atoms with Gasteiger partial charge in [0.05, 0.1) is 6.61 Å². The predicted octanol–water partition coefficient (Wildman–Crippen LogP) is 2.38. The van der Waals surface area contributed by atoms with Crippen LogP contribution in [0.4, 0.5) is 5.69 Å². The lowest BCUT2D eigenvalue weighted by molar-refractivity contribution is -0.138. The highest BCUT2D eigenvalue weighted by Crippen LogP contribution is 2.10. The molecule has 0 radical (unpaired) electrons. The van der Waals surface area contributed by atoms with Crippen LogP contribution in [-0.2, 0) is 9.53 Å². The molecule has 4 nitrogen and oxygen atoms in total. The SMILES string of the molecule is CCOC(=O)C(C#N)=CNc1cccc(C)c1. The van der Waals surface area contributed by atoms with Crippen molar-refractivity contribution >= 4 is 11.7 Å². The number of ether oxygens (including phenoxy) is 1. The maximum Gasteiger partial charge on any atom is 0.350 e. The normalized spacial score (nSPS) is 10.5. The Hall–Kier alpha value is -2.28. The Bertz CT molecular complexity index is 473. The lowest BCUT2D eigenvalue weighted by Gasteiger charge is -2.03. The number of benzene rings is 1. The number of hydrogen-bond acceptors (Lipinski definition) is 4. The van der Waals surface area contributed by atoms with Crippen molar-refractivity contribution in [3.8, 4) is 6.07 Å². The maximum atomic E-state index is 11.3. The lowest BCUT2D eigenvalue weighted by atomic mass is 10.2. The Morgan fingerprint density at radius 2 is 2.35 bits per heavy atom. The second-order valence-corrected chi connectivity index (χ2v) is 3.40. The number of carbonyl (C=O) groups is 1. The number of carbonyl (C=O) groups excluding carboxylic acids is 1. The Labute approximate surface area is 101 Å². The van der Waals surface area contributed by atoms with Crippen LogP contribution >= 0.6 is 0 Å². The molecule has 88 valence electrons. The Morgan fingerprint density at radius 1 is 1.59 bits per heavy atom. The van der Waals surface area contributed by atoms with Gasteiger partial charge in [0.15, 0.2) is 5.57 Å². The second-order valence-electron chi connectivity index (χ2n) is 3.40. The van der Waals surface area contributed by atoms with Crippen LogP contribution in [0.5, 0.6) is 0 Å². The highest BCUT2D eigenvalue weighted by Gasteiger charge is 2.08. The molecule has 0 heterocycles. The average molecular weight is 230 g/mol. The van der Waals surface area contributed by atoms with E-state index >= 15 is 0 Å². The highest BCUT2D eigenvalue weighted by atomic mass is 16.5. The fourth-order valence-electron chi connectivity index (χ4n) is 1.24. The number of hydrogen-bond donors (Lipinski definition) is 1. The van der Waals surface area contributed by atoms with Crippen molar-refractivity contribution in [2.45, 2.75) is 13.8 Å². The number of anilines is 1. The van der Waals surface area contributed by atoms with E-state index in [9.17, 15) is 4.79 Å². The van der Waals surface area contributed by atoms with E-state index in [4.69, 9.17) is 10.00 Å². The first-order valence-electron chi connectivity index (χ1n) is 5.28. The third kappa shape index (κ3) is 3.99. The van der Waals surface area contributed by atoms with E-state index in [1.54, 1.807) is 13.0 Å². The van der Waals surface area contributed by atoms with E-state index < -0.39 is 5.97 Å². The number of esters is 1. The Balaban J connectivity index is 2.75. The summed E-state index contributed by atoms with van der Waals surface area (Å²) in [5.74, 6) is -0.616. The second kappa shape index (κ2) is 6.33. The van der Waals surface area contributed by atoms with Crippen molar-refractivity contribution in [1.82, 2.24) is 0 Å². The molecule has 0 saturated carbocycles. The first-order valence-corrected chi connectivity index (χ1v) is 5.28. The topological polar surface area (TPSA) is 62.1 Å². The van der Waals surface area contributed by atoms with Crippen molar-refractivity contribution in [2.24, 2.45) is 0 Å². The van der Waals surface area contributed by atoms with Gasteiger partial charge in [0.25, 0.3) is 0 Å². The molecule has 0 spiro atoms. The van der Waals surface area contributed by atoms with Gasteiger partial charge in [0.2, 0.25) is 0 Å². The van der Waals surface area contributed by atoms with Crippen LogP contribution in [-0.4, -0.2) is 12.6 Å². The molecule has 0 fully saturated rings. The Kier molecular flexibility index (Phi) is 4.77. The summed E-state index contributed by atoms with van der Waals surface area (Å²) in [6.07, 6.45) is 1.35. The summed E-state index contributed by atoms with van der Waals surface area (Å²) >= 11 is 0. The van der Waals surface area contributed by atoms with E-state index in [0.29, 0.717) is 0 Å². The third-order valence-corrected chi connectivity index (χ3v) is 2.02. The molecule has 0 amide bonds. The van der Waals surface area contributed by atoms with Crippen molar-refractivity contribution in [3.05, 3.63) is 41.6 Å². The molecular weight excluding hydrogens is 216 g/mol. The summed E-state index contributed by atoms with van der Waals surface area (Å²) in [6.45, 7) is 3.91. The molecular formula is C13H14N2O2. The van der Waals surface area contributed by atoms with Crippen molar-refractivity contribution in [1.29, 1.82) is 5.26 Å². The molecule has 1 aromatic rings. The maximum absolute atomic E-state index is 11.3. The quantitative estimate of drug-likeness (QED) is 0.490. The summed E-state index contributed by atoms with van der Waals surface area (Å²) in [6, 6.07) is 9.41. The molecule has 4 heteroatoms. The molecule has 17 heavy (non-hydrogen) atoms. The molecule has 0 aliphatic carbocycles. The molecule has 1 rings (SSSR count). The van der Waals surface area contributed by atoms with Gasteiger partial charge in [0.1, 0.15) is 6.07 Å². The molecule has 1 aromatic carbocycles. The largest absolute Gasteiger partial charge is 0.462 e. The molecule has 0 aliphatic heterocycles. The van der Waals surface area contributed by atoms with E-state index in [2.05, 4.69) is 5.32 Å². The average Bonchev–Trinajstić information content (AvgIpc) is 2.30. The van der Waals surface area contributed by atoms with Crippen LogP contribution in [0.1, 0.15) is 12.5 Å². The molecule has 1 N–H and O–H groups in total. The van der Waals surface area contributed by atoms with Crippen LogP contribution in [0.25, 0.3) is 0 Å². The monoisotopic (exact) mass is 230 g/mol. The third-order valence-electron chi connectivity index (χ3n) is 2.02. The number of nitrogens with one attached hydrogen (secondary N) is 1. The van der Waals surface area contributed by atoms with Gasteiger partial charge < -0.3 is 10.1 Å². The standard InChI is InChI=1S/C13H14N2O2/c1-3-17-13(16)11(8-14)9-15-12-6-4-5-10(2)7-12/h4-7,9,15H,3H2,1-2H3. The minimum absolute atomic E-state index is 0.0478. The smallest absolute Gasteiger partial charge is 0.350 e. The molecule has 0 aliphatic rings. The number of nitrogens with zero attached hydrogens (tertiary/aromatic N) is 1. The first kappa shape index (κ1) is 12.8. The molecule has 0 aromatic heterocycles. The zero-order valence-electron chi connectivity index (χ0n) is 9.86. The molecule has 0 saturated heterocycles. The Morgan fingerprint density at radius 3 is 2.94 bits per heavy atom. The van der Waals surface area contributed by atoms with Gasteiger partial charge in [0, 0.05) is 11.9 Å². The number of nitriles is 1. The zero-order valence-corrected chi connectivity index (χ0v) is 9.86. The number of aryl methyl sites for hydroxylation is 1. The van der Waals surface area contributed by atoms with E-state index in [-0.39, 0.29) is 12.2 Å². The summed E-state index contributed by atoms with van der Waals surface area (Å²) in [7, 11) is 0. The van der Waals surface area contributed by atoms with Crippen molar-refractivity contribution in [3.63, 3.8) is 0 Å². The van der Waals surface area contributed by atoms with Gasteiger partial charge in [-0.15, -0.1) is 0 Å². The van der Waals surface area contributed by atoms with Gasteiger partial charge in [-0.05, 0) is 31.5 Å². The predicted molar refractivity (Wildman–Crippen MR) is 65.1 cm³/mol. The van der Waals surface area contributed by atoms with Gasteiger partial charge in [-0.25, -0.2) is 4.79 Å². The molecule has 0 unspecified atom stereocenters. The van der Waals surface area contributed by atoms with Gasteiger partial charge in [-0.3, -0.25) is 0 Å². The number of rotatable bonds is 4. The van der Waals surface area contributed by atoms with Gasteiger partial charge >= 0.3 is 5.97 Å². The summed E-state index contributed by atoms with van der Waals surface area (Å²) in [4.78, 5) is 11.3. The summed E-state index contributed by atoms with van der Waals surface area (Å²) in [5.41, 5.74) is 1.87. The van der Waals surface area contributed by atoms with E-state index in [1.807, 2.05) is 31.2 Å². The fraction of sp³-hybridized carbons (Fsp3) is 0.231. The van der Waals surface area contributed by atoms with E-state index in [0.717, 1.165) is 11.3 Å². The van der Waals surface area contributed by atoms with Crippen LogP contribution in [0, 0.1) is 18.3 Å². The molecule has 0 bridgehead atoms. The van der Waals surface area contributed by atoms with Crippen LogP contribution in [0.2, 0.25) is 0 Å². The zero-order chi connectivity index (χ0) is 12.7. The minimum atomic E-state index is -0.616. The minimum Gasteiger partial charge on any atom is -0.462 e. The van der Waals surface area contributed by atoms with E-state index in [1.165, 1.54) is 6.20 Å². The fourth-order valence-corrected chi connectivity index (χ4v) is 1.24. The van der Waals surface area contributed by atoms with Crippen LogP contribution < -0.4 is 5.32 Å². The highest BCUT2D eigenvalue weighted by molar-refractivity contribution is 5.93. The summed E-state index contributed by atoms with van der Waals surface area (Å²) in [5, 5.41) is 11.7. The lowest BCUT2D eigenvalue weighted by Crippen LogP contribution is -2.07. The molecule has 0 atom stereocenters. The summed E-state index contributed by atoms with van der Waals surface area (Å²) < 4.78 is 4.74. The van der Waals surface area contributed by atoms with Crippen molar-refractivity contribution < 1.29 is 9.53 Å². The van der Waals surface area contributed by atoms with Gasteiger partial charge in [-0.2, -0.15) is 5.26 Å². The van der Waals surface area contributed by atoms with Crippen LogP contribution in [0.3, 0.4) is 0 Å². The van der Waals surface area contributed by atoms with Gasteiger partial charge in [-0.1, -0.05) is 12.1 Å².